The maximum atomic E-state index is 12.6. The second kappa shape index (κ2) is 15.6. The Balaban J connectivity index is 1.42. The van der Waals surface area contributed by atoms with Crippen molar-refractivity contribution in [1.29, 1.82) is 0 Å². The van der Waals surface area contributed by atoms with Crippen LogP contribution in [-0.4, -0.2) is 5.97 Å². The second-order valence-electron chi connectivity index (χ2n) is 9.56. The van der Waals surface area contributed by atoms with Crippen molar-refractivity contribution in [2.75, 3.05) is 0 Å². The summed E-state index contributed by atoms with van der Waals surface area (Å²) in [4.78, 5) is 14.6. The summed E-state index contributed by atoms with van der Waals surface area (Å²) < 4.78 is 5.64. The summed E-state index contributed by atoms with van der Waals surface area (Å²) in [6.45, 7) is 4.50. The Morgan fingerprint density at radius 3 is 1.83 bits per heavy atom. The molecule has 0 bridgehead atoms. The van der Waals surface area contributed by atoms with Crippen molar-refractivity contribution in [2.45, 2.75) is 97.3 Å². The van der Waals surface area contributed by atoms with Crippen LogP contribution in [0.3, 0.4) is 0 Å². The molecule has 0 amide bonds. The van der Waals surface area contributed by atoms with E-state index >= 15 is 0 Å². The Bertz CT molecular complexity index is 985. The minimum absolute atomic E-state index is 0.263. The zero-order valence-electron chi connectivity index (χ0n) is 21.7. The lowest BCUT2D eigenvalue weighted by Gasteiger charge is -2.07. The molecule has 0 aliphatic carbocycles. The van der Waals surface area contributed by atoms with Crippen LogP contribution in [0.4, 0.5) is 0 Å². The number of aryl methyl sites for hydroxylation is 2. The van der Waals surface area contributed by atoms with E-state index < -0.39 is 0 Å². The third-order valence-corrected chi connectivity index (χ3v) is 7.69. The van der Waals surface area contributed by atoms with Gasteiger partial charge in [0, 0.05) is 4.88 Å². The number of carbonyl (C=O) groups is 1. The number of rotatable bonds is 16. The SMILES string of the molecule is CCCCCCCCCCc1ccc(C(=O)Oc2ccc(-c3ccc(CCCCC)cc3)cc2)s1. The van der Waals surface area contributed by atoms with E-state index in [0.29, 0.717) is 10.6 Å². The van der Waals surface area contributed by atoms with Gasteiger partial charge in [0.2, 0.25) is 0 Å². The molecule has 3 aromatic rings. The van der Waals surface area contributed by atoms with Crippen LogP contribution < -0.4 is 4.74 Å². The van der Waals surface area contributed by atoms with Gasteiger partial charge in [0.05, 0.1) is 0 Å². The average Bonchev–Trinajstić information content (AvgIpc) is 3.36. The molecule has 0 saturated heterocycles. The van der Waals surface area contributed by atoms with Gasteiger partial charge in [-0.1, -0.05) is 108 Å². The lowest BCUT2D eigenvalue weighted by Crippen LogP contribution is -2.06. The van der Waals surface area contributed by atoms with Gasteiger partial charge in [0.25, 0.3) is 0 Å². The fraction of sp³-hybridized carbons (Fsp3) is 0.469. The number of benzene rings is 2. The molecule has 35 heavy (non-hydrogen) atoms. The highest BCUT2D eigenvalue weighted by Gasteiger charge is 2.12. The maximum Gasteiger partial charge on any atom is 0.353 e. The number of thiophene rings is 1. The molecule has 0 fully saturated rings. The van der Waals surface area contributed by atoms with Gasteiger partial charge in [-0.05, 0) is 66.6 Å². The lowest BCUT2D eigenvalue weighted by molar-refractivity contribution is 0.0740. The van der Waals surface area contributed by atoms with E-state index in [4.69, 9.17) is 4.74 Å². The second-order valence-corrected chi connectivity index (χ2v) is 10.7. The molecule has 2 aromatic carbocycles. The molecule has 188 valence electrons. The zero-order valence-corrected chi connectivity index (χ0v) is 22.5. The monoisotopic (exact) mass is 490 g/mol. The van der Waals surface area contributed by atoms with Crippen LogP contribution in [0.1, 0.15) is 105 Å². The van der Waals surface area contributed by atoms with E-state index in [1.807, 2.05) is 30.3 Å². The smallest absolute Gasteiger partial charge is 0.353 e. The summed E-state index contributed by atoms with van der Waals surface area (Å²) in [6, 6.07) is 20.6. The fourth-order valence-corrected chi connectivity index (χ4v) is 5.30. The molecule has 0 unspecified atom stereocenters. The van der Waals surface area contributed by atoms with Crippen molar-refractivity contribution in [2.24, 2.45) is 0 Å². The molecule has 0 radical (unpaired) electrons. The highest BCUT2D eigenvalue weighted by molar-refractivity contribution is 7.13. The van der Waals surface area contributed by atoms with Gasteiger partial charge < -0.3 is 4.74 Å². The summed E-state index contributed by atoms with van der Waals surface area (Å²) in [7, 11) is 0. The summed E-state index contributed by atoms with van der Waals surface area (Å²) in [5.74, 6) is 0.328. The maximum absolute atomic E-state index is 12.6. The average molecular weight is 491 g/mol. The van der Waals surface area contributed by atoms with Crippen molar-refractivity contribution >= 4 is 17.3 Å². The van der Waals surface area contributed by atoms with Crippen LogP contribution in [0.5, 0.6) is 5.75 Å². The first-order valence-electron chi connectivity index (χ1n) is 13.7. The van der Waals surface area contributed by atoms with Crippen LogP contribution in [0.15, 0.2) is 60.7 Å². The van der Waals surface area contributed by atoms with E-state index in [1.54, 1.807) is 11.3 Å². The van der Waals surface area contributed by atoms with Gasteiger partial charge in [0.1, 0.15) is 10.6 Å². The molecule has 1 heterocycles. The van der Waals surface area contributed by atoms with Gasteiger partial charge in [-0.15, -0.1) is 11.3 Å². The third-order valence-electron chi connectivity index (χ3n) is 6.56. The molecule has 3 heteroatoms. The highest BCUT2D eigenvalue weighted by atomic mass is 32.1. The van der Waals surface area contributed by atoms with Gasteiger partial charge in [-0.3, -0.25) is 0 Å². The summed E-state index contributed by atoms with van der Waals surface area (Å²) in [5.41, 5.74) is 3.71. The van der Waals surface area contributed by atoms with Gasteiger partial charge in [-0.25, -0.2) is 4.79 Å². The van der Waals surface area contributed by atoms with Crippen molar-refractivity contribution in [3.05, 3.63) is 76.0 Å². The molecular weight excluding hydrogens is 448 g/mol. The van der Waals surface area contributed by atoms with Gasteiger partial charge in [0.15, 0.2) is 0 Å². The van der Waals surface area contributed by atoms with E-state index in [2.05, 4.69) is 44.2 Å². The van der Waals surface area contributed by atoms with E-state index in [0.717, 1.165) is 18.4 Å². The number of hydrogen-bond acceptors (Lipinski definition) is 3. The Labute approximate surface area is 216 Å². The van der Waals surface area contributed by atoms with Crippen LogP contribution >= 0.6 is 11.3 Å². The molecule has 1 aromatic heterocycles. The van der Waals surface area contributed by atoms with Gasteiger partial charge >= 0.3 is 5.97 Å². The Morgan fingerprint density at radius 2 is 1.17 bits per heavy atom. The minimum atomic E-state index is -0.263. The highest BCUT2D eigenvalue weighted by Crippen LogP contribution is 2.25. The molecule has 0 aliphatic heterocycles. The fourth-order valence-electron chi connectivity index (χ4n) is 4.37. The number of ether oxygens (including phenoxy) is 1. The largest absolute Gasteiger partial charge is 0.422 e. The van der Waals surface area contributed by atoms with Crippen molar-refractivity contribution in [1.82, 2.24) is 0 Å². The van der Waals surface area contributed by atoms with E-state index in [-0.39, 0.29) is 5.97 Å². The van der Waals surface area contributed by atoms with Crippen molar-refractivity contribution in [3.63, 3.8) is 0 Å². The van der Waals surface area contributed by atoms with E-state index in [1.165, 1.54) is 86.6 Å². The Kier molecular flexibility index (Phi) is 12.1. The standard InChI is InChI=1S/C32H42O2S/c1-3-5-7-8-9-10-11-13-15-30-24-25-31(35-30)32(33)34-29-22-20-28(21-23-29)27-18-16-26(17-19-27)14-12-6-4-2/h16-25H,3-15H2,1-2H3. The first kappa shape index (κ1) is 27.2. The Hall–Kier alpha value is -2.39. The quantitative estimate of drug-likeness (QED) is 0.113. The predicted molar refractivity (Wildman–Crippen MR) is 151 cm³/mol. The lowest BCUT2D eigenvalue weighted by atomic mass is 10.0. The summed E-state index contributed by atoms with van der Waals surface area (Å²) in [5, 5.41) is 0. The minimum Gasteiger partial charge on any atom is -0.422 e. The number of carbonyl (C=O) groups excluding carboxylic acids is 1. The first-order chi connectivity index (χ1) is 17.2. The van der Waals surface area contributed by atoms with Gasteiger partial charge in [-0.2, -0.15) is 0 Å². The normalized spacial score (nSPS) is 11.0. The predicted octanol–water partition coefficient (Wildman–Crippen LogP) is 10.1. The molecule has 3 rings (SSSR count). The molecule has 0 aliphatic rings. The topological polar surface area (TPSA) is 26.3 Å². The summed E-state index contributed by atoms with van der Waals surface area (Å²) >= 11 is 1.57. The molecule has 2 nitrogen and oxygen atoms in total. The van der Waals surface area contributed by atoms with Crippen LogP contribution in [0.25, 0.3) is 11.1 Å². The van der Waals surface area contributed by atoms with E-state index in [9.17, 15) is 4.79 Å². The van der Waals surface area contributed by atoms with Crippen LogP contribution in [0, 0.1) is 0 Å². The summed E-state index contributed by atoms with van der Waals surface area (Å²) in [6.07, 6.45) is 16.6. The van der Waals surface area contributed by atoms with Crippen LogP contribution in [-0.2, 0) is 12.8 Å². The van der Waals surface area contributed by atoms with Crippen molar-refractivity contribution < 1.29 is 9.53 Å². The molecule has 0 N–H and O–H groups in total. The zero-order chi connectivity index (χ0) is 24.7. The number of hydrogen-bond donors (Lipinski definition) is 0. The molecule has 0 spiro atoms. The molecule has 0 atom stereocenters. The van der Waals surface area contributed by atoms with Crippen LogP contribution in [0.2, 0.25) is 0 Å². The third kappa shape index (κ3) is 9.64. The number of unbranched alkanes of at least 4 members (excludes halogenated alkanes) is 9. The first-order valence-corrected chi connectivity index (χ1v) is 14.5. The molecular formula is C32H42O2S. The number of esters is 1. The molecule has 0 saturated carbocycles. The Morgan fingerprint density at radius 1 is 0.629 bits per heavy atom. The van der Waals surface area contributed by atoms with Crippen molar-refractivity contribution in [3.8, 4) is 16.9 Å².